The second-order valence-electron chi connectivity index (χ2n) is 5.20. The van der Waals surface area contributed by atoms with E-state index in [1.54, 1.807) is 0 Å². The molecule has 0 fully saturated rings. The second kappa shape index (κ2) is 6.50. The van der Waals surface area contributed by atoms with E-state index in [9.17, 15) is 0 Å². The van der Waals surface area contributed by atoms with Crippen molar-refractivity contribution in [2.45, 2.75) is 19.5 Å². The Morgan fingerprint density at radius 2 is 1.42 bits per heavy atom. The van der Waals surface area contributed by atoms with Gasteiger partial charge in [-0.1, -0.05) is 48.5 Å². The average molecular weight is 254 g/mol. The third-order valence-electron chi connectivity index (χ3n) is 3.25. The molecule has 0 unspecified atom stereocenters. The van der Waals surface area contributed by atoms with E-state index in [4.69, 9.17) is 5.73 Å². The molecule has 0 aliphatic heterocycles. The van der Waals surface area contributed by atoms with Gasteiger partial charge < -0.3 is 10.6 Å². The lowest BCUT2D eigenvalue weighted by atomic mass is 9.99. The fourth-order valence-electron chi connectivity index (χ4n) is 2.28. The molecule has 2 nitrogen and oxygen atoms in total. The monoisotopic (exact) mass is 254 g/mol. The van der Waals surface area contributed by atoms with Crippen LogP contribution in [0, 0.1) is 0 Å². The maximum Gasteiger partial charge on any atom is 0.0227 e. The predicted molar refractivity (Wildman–Crippen MR) is 81.0 cm³/mol. The highest BCUT2D eigenvalue weighted by Crippen LogP contribution is 2.15. The second-order valence-corrected chi connectivity index (χ2v) is 5.20. The first-order chi connectivity index (χ1) is 9.19. The van der Waals surface area contributed by atoms with Crippen molar-refractivity contribution in [2.75, 3.05) is 14.1 Å². The molecule has 0 saturated carbocycles. The van der Waals surface area contributed by atoms with E-state index in [0.29, 0.717) is 6.54 Å². The van der Waals surface area contributed by atoms with Gasteiger partial charge in [0.1, 0.15) is 0 Å². The Labute approximate surface area is 115 Å². The van der Waals surface area contributed by atoms with Crippen LogP contribution < -0.4 is 5.73 Å². The molecule has 0 spiro atoms. The largest absolute Gasteiger partial charge is 0.326 e. The first kappa shape index (κ1) is 13.8. The Morgan fingerprint density at radius 1 is 0.842 bits per heavy atom. The molecular formula is C17H22N2. The standard InChI is InChI=1S/C17H22N2/c1-19(2)13-15-9-7-14(8-10-15)11-16-5-3-4-6-17(16)12-18/h3-10H,11-13,18H2,1-2H3. The molecule has 0 aliphatic rings. The zero-order valence-corrected chi connectivity index (χ0v) is 11.8. The van der Waals surface area contributed by atoms with Gasteiger partial charge in [-0.2, -0.15) is 0 Å². The van der Waals surface area contributed by atoms with Crippen LogP contribution in [0.1, 0.15) is 22.3 Å². The van der Waals surface area contributed by atoms with Gasteiger partial charge in [-0.25, -0.2) is 0 Å². The summed E-state index contributed by atoms with van der Waals surface area (Å²) in [7, 11) is 4.18. The van der Waals surface area contributed by atoms with Crippen LogP contribution in [0.3, 0.4) is 0 Å². The number of benzene rings is 2. The lowest BCUT2D eigenvalue weighted by Crippen LogP contribution is -2.10. The normalized spacial score (nSPS) is 10.9. The highest BCUT2D eigenvalue weighted by atomic mass is 15.0. The van der Waals surface area contributed by atoms with Crippen molar-refractivity contribution in [1.29, 1.82) is 0 Å². The Balaban J connectivity index is 2.11. The van der Waals surface area contributed by atoms with Crippen LogP contribution in [0.25, 0.3) is 0 Å². The van der Waals surface area contributed by atoms with E-state index < -0.39 is 0 Å². The smallest absolute Gasteiger partial charge is 0.0227 e. The molecular weight excluding hydrogens is 232 g/mol. The van der Waals surface area contributed by atoms with E-state index in [-0.39, 0.29) is 0 Å². The molecule has 100 valence electrons. The van der Waals surface area contributed by atoms with Crippen molar-refractivity contribution in [3.8, 4) is 0 Å². The lowest BCUT2D eigenvalue weighted by Gasteiger charge is -2.11. The van der Waals surface area contributed by atoms with Crippen LogP contribution in [-0.4, -0.2) is 19.0 Å². The SMILES string of the molecule is CN(C)Cc1ccc(Cc2ccccc2CN)cc1. The summed E-state index contributed by atoms with van der Waals surface area (Å²) in [6, 6.07) is 17.2. The summed E-state index contributed by atoms with van der Waals surface area (Å²) in [5, 5.41) is 0. The number of hydrogen-bond acceptors (Lipinski definition) is 2. The molecule has 2 aromatic carbocycles. The third-order valence-corrected chi connectivity index (χ3v) is 3.25. The number of rotatable bonds is 5. The van der Waals surface area contributed by atoms with Gasteiger partial charge >= 0.3 is 0 Å². The Morgan fingerprint density at radius 3 is 2.00 bits per heavy atom. The van der Waals surface area contributed by atoms with Crippen LogP contribution in [0.5, 0.6) is 0 Å². The van der Waals surface area contributed by atoms with Gasteiger partial charge in [-0.15, -0.1) is 0 Å². The van der Waals surface area contributed by atoms with Crippen LogP contribution in [-0.2, 0) is 19.5 Å². The van der Waals surface area contributed by atoms with Gasteiger partial charge in [0, 0.05) is 13.1 Å². The third kappa shape index (κ3) is 3.91. The van der Waals surface area contributed by atoms with Crippen LogP contribution >= 0.6 is 0 Å². The molecule has 0 atom stereocenters. The molecule has 19 heavy (non-hydrogen) atoms. The quantitative estimate of drug-likeness (QED) is 0.889. The van der Waals surface area contributed by atoms with Gasteiger partial charge in [0.15, 0.2) is 0 Å². The summed E-state index contributed by atoms with van der Waals surface area (Å²) in [6.07, 6.45) is 0.954. The van der Waals surface area contributed by atoms with Crippen LogP contribution in [0.4, 0.5) is 0 Å². The van der Waals surface area contributed by atoms with Gasteiger partial charge in [-0.3, -0.25) is 0 Å². The number of nitrogens with two attached hydrogens (primary N) is 1. The van der Waals surface area contributed by atoms with E-state index in [1.807, 2.05) is 6.07 Å². The maximum absolute atomic E-state index is 5.78. The van der Waals surface area contributed by atoms with Gasteiger partial charge in [0.2, 0.25) is 0 Å². The highest BCUT2D eigenvalue weighted by Gasteiger charge is 2.02. The minimum atomic E-state index is 0.606. The van der Waals surface area contributed by atoms with E-state index in [0.717, 1.165) is 13.0 Å². The molecule has 0 aliphatic carbocycles. The van der Waals surface area contributed by atoms with Crippen molar-refractivity contribution in [3.05, 3.63) is 70.8 Å². The first-order valence-electron chi connectivity index (χ1n) is 6.68. The van der Waals surface area contributed by atoms with Crippen molar-refractivity contribution in [2.24, 2.45) is 5.73 Å². The molecule has 0 saturated heterocycles. The van der Waals surface area contributed by atoms with E-state index in [2.05, 4.69) is 61.5 Å². The molecule has 2 heteroatoms. The van der Waals surface area contributed by atoms with Crippen molar-refractivity contribution in [3.63, 3.8) is 0 Å². The summed E-state index contributed by atoms with van der Waals surface area (Å²) in [4.78, 5) is 2.18. The molecule has 0 bridgehead atoms. The minimum Gasteiger partial charge on any atom is -0.326 e. The number of nitrogens with zero attached hydrogens (tertiary/aromatic N) is 1. The van der Waals surface area contributed by atoms with Gasteiger partial charge in [0.05, 0.1) is 0 Å². The summed E-state index contributed by atoms with van der Waals surface area (Å²) >= 11 is 0. The Bertz CT molecular complexity index is 515. The predicted octanol–water partition coefficient (Wildman–Crippen LogP) is 2.80. The highest BCUT2D eigenvalue weighted by molar-refractivity contribution is 5.33. The van der Waals surface area contributed by atoms with Crippen molar-refractivity contribution >= 4 is 0 Å². The van der Waals surface area contributed by atoms with Crippen LogP contribution in [0.15, 0.2) is 48.5 Å². The summed E-state index contributed by atoms with van der Waals surface area (Å²) < 4.78 is 0. The van der Waals surface area contributed by atoms with E-state index >= 15 is 0 Å². The molecule has 0 radical (unpaired) electrons. The fraction of sp³-hybridized carbons (Fsp3) is 0.294. The maximum atomic E-state index is 5.78. The molecule has 2 rings (SSSR count). The first-order valence-corrected chi connectivity index (χ1v) is 6.68. The van der Waals surface area contributed by atoms with E-state index in [1.165, 1.54) is 22.3 Å². The topological polar surface area (TPSA) is 29.3 Å². The number of hydrogen-bond donors (Lipinski definition) is 1. The van der Waals surface area contributed by atoms with Crippen molar-refractivity contribution < 1.29 is 0 Å². The zero-order valence-electron chi connectivity index (χ0n) is 11.8. The summed E-state index contributed by atoms with van der Waals surface area (Å²) in [5.74, 6) is 0. The summed E-state index contributed by atoms with van der Waals surface area (Å²) in [6.45, 7) is 1.59. The average Bonchev–Trinajstić information content (AvgIpc) is 2.41. The van der Waals surface area contributed by atoms with Crippen LogP contribution in [0.2, 0.25) is 0 Å². The molecule has 2 aromatic rings. The zero-order chi connectivity index (χ0) is 13.7. The van der Waals surface area contributed by atoms with Crippen molar-refractivity contribution in [1.82, 2.24) is 4.90 Å². The lowest BCUT2D eigenvalue weighted by molar-refractivity contribution is 0.402. The van der Waals surface area contributed by atoms with Gasteiger partial charge in [-0.05, 0) is 42.8 Å². The van der Waals surface area contributed by atoms with Gasteiger partial charge in [0.25, 0.3) is 0 Å². The minimum absolute atomic E-state index is 0.606. The molecule has 2 N–H and O–H groups in total. The summed E-state index contributed by atoms with van der Waals surface area (Å²) in [5.41, 5.74) is 11.0. The molecule has 0 aromatic heterocycles. The fourth-order valence-corrected chi connectivity index (χ4v) is 2.28. The Kier molecular flexibility index (Phi) is 4.72. The molecule has 0 heterocycles. The Hall–Kier alpha value is -1.64. The molecule has 0 amide bonds.